The normalized spacial score (nSPS) is 11.9. The van der Waals surface area contributed by atoms with Crippen molar-refractivity contribution in [2.45, 2.75) is 261 Å². The van der Waals surface area contributed by atoms with Crippen molar-refractivity contribution in [3.8, 4) is 46.0 Å². The van der Waals surface area contributed by atoms with Crippen molar-refractivity contribution in [3.05, 3.63) is 97.1 Å². The van der Waals surface area contributed by atoms with Crippen molar-refractivity contribution in [1.82, 2.24) is 0 Å². The maximum atomic E-state index is 6.95. The highest BCUT2D eigenvalue weighted by Crippen LogP contribution is 2.51. The summed E-state index contributed by atoms with van der Waals surface area (Å²) in [5, 5.41) is 20.9. The van der Waals surface area contributed by atoms with Crippen LogP contribution in [0.2, 0.25) is 0 Å². The van der Waals surface area contributed by atoms with E-state index in [1.54, 1.807) is 0 Å². The zero-order valence-corrected chi connectivity index (χ0v) is 61.8. The summed E-state index contributed by atoms with van der Waals surface area (Å²) in [6, 6.07) is 37.5. The fraction of sp³-hybridized carbons (Fsp3) is 0.533. The predicted molar refractivity (Wildman–Crippen MR) is 421 cm³/mol. The fourth-order valence-electron chi connectivity index (χ4n) is 14.5. The summed E-state index contributed by atoms with van der Waals surface area (Å²) in [6.45, 7) is 23.2. The lowest BCUT2D eigenvalue weighted by Gasteiger charge is -2.21. The van der Waals surface area contributed by atoms with Crippen LogP contribution >= 0.6 is 0 Å². The summed E-state index contributed by atoms with van der Waals surface area (Å²) in [5.41, 5.74) is 0. The van der Waals surface area contributed by atoms with Crippen LogP contribution in [0, 0.1) is 0 Å². The molecule has 0 fully saturated rings. The maximum absolute atomic E-state index is 6.95. The van der Waals surface area contributed by atoms with Gasteiger partial charge < -0.3 is 37.9 Å². The molecule has 0 unspecified atom stereocenters. The SMILES string of the molecule is CCCCCCOc1cc2c3cc(OCCCCCC)c(OCCCCCC)cc3c3cc4c(cc3c2cc1OCCCCCC)c1ccccc1c1cc2c3cc(OCCCCCC)c(OCCCCCC)cc3c3cc(OCCCCCC)c(OCCCCCC)cc3c2cc14. The molecule has 98 heavy (non-hydrogen) atoms. The summed E-state index contributed by atoms with van der Waals surface area (Å²) in [6.07, 6.45) is 36.0. The van der Waals surface area contributed by atoms with E-state index in [0.717, 1.165) is 203 Å². The Bertz CT molecular complexity index is 3880. The Balaban J connectivity index is 1.29. The molecule has 0 aliphatic carbocycles. The number of benzene rings is 10. The van der Waals surface area contributed by atoms with E-state index >= 15 is 0 Å². The van der Waals surface area contributed by atoms with Crippen LogP contribution in [-0.4, -0.2) is 52.9 Å². The van der Waals surface area contributed by atoms with E-state index in [0.29, 0.717) is 52.9 Å². The molecule has 10 aromatic carbocycles. The number of fused-ring (bicyclic) bond motifs is 18. The number of ether oxygens (including phenoxy) is 8. The van der Waals surface area contributed by atoms with Crippen LogP contribution in [0.15, 0.2) is 97.1 Å². The fourth-order valence-corrected chi connectivity index (χ4v) is 14.5. The van der Waals surface area contributed by atoms with Gasteiger partial charge in [-0.05, 0) is 221 Å². The smallest absolute Gasteiger partial charge is 0.161 e. The number of hydrogen-bond donors (Lipinski definition) is 0. The molecule has 0 bridgehead atoms. The molecule has 0 amide bonds. The second-order valence-corrected chi connectivity index (χ2v) is 28.1. The first-order valence-electron chi connectivity index (χ1n) is 39.6. The zero-order valence-electron chi connectivity index (χ0n) is 61.8. The molecule has 0 radical (unpaired) electrons. The third kappa shape index (κ3) is 18.7. The Hall–Kier alpha value is -7.06. The third-order valence-electron chi connectivity index (χ3n) is 20.2. The van der Waals surface area contributed by atoms with Crippen molar-refractivity contribution >= 4 is 97.0 Å². The van der Waals surface area contributed by atoms with Gasteiger partial charge >= 0.3 is 0 Å². The minimum atomic E-state index is 0.631. The van der Waals surface area contributed by atoms with E-state index in [1.165, 1.54) is 146 Å². The summed E-state index contributed by atoms with van der Waals surface area (Å²) >= 11 is 0. The van der Waals surface area contributed by atoms with Gasteiger partial charge in [-0.3, -0.25) is 0 Å². The Morgan fingerprint density at radius 2 is 0.286 bits per heavy atom. The molecule has 0 atom stereocenters. The molecule has 0 heterocycles. The van der Waals surface area contributed by atoms with Gasteiger partial charge in [-0.15, -0.1) is 0 Å². The monoisotopic (exact) mass is 1330 g/mol. The predicted octanol–water partition coefficient (Wildman–Crippen LogP) is 27.7. The molecule has 10 aromatic rings. The van der Waals surface area contributed by atoms with Gasteiger partial charge in [0, 0.05) is 0 Å². The van der Waals surface area contributed by atoms with Crippen LogP contribution in [0.1, 0.15) is 261 Å². The lowest BCUT2D eigenvalue weighted by molar-refractivity contribution is 0.259. The second-order valence-electron chi connectivity index (χ2n) is 28.1. The molecule has 0 spiro atoms. The average Bonchev–Trinajstić information content (AvgIpc) is 0.699. The molecule has 0 saturated carbocycles. The minimum absolute atomic E-state index is 0.631. The van der Waals surface area contributed by atoms with Gasteiger partial charge in [0.2, 0.25) is 0 Å². The summed E-state index contributed by atoms with van der Waals surface area (Å²) in [7, 11) is 0. The molecule has 8 nitrogen and oxygen atoms in total. The zero-order chi connectivity index (χ0) is 68.3. The molecule has 10 rings (SSSR count). The highest BCUT2D eigenvalue weighted by atomic mass is 16.5. The molecule has 528 valence electrons. The molecule has 8 heteroatoms. The Morgan fingerprint density at radius 1 is 0.153 bits per heavy atom. The van der Waals surface area contributed by atoms with Crippen LogP contribution in [0.25, 0.3) is 97.0 Å². The van der Waals surface area contributed by atoms with E-state index in [1.807, 2.05) is 0 Å². The van der Waals surface area contributed by atoms with Crippen molar-refractivity contribution in [2.75, 3.05) is 52.9 Å². The van der Waals surface area contributed by atoms with Gasteiger partial charge in [-0.1, -0.05) is 234 Å². The lowest BCUT2D eigenvalue weighted by Crippen LogP contribution is -2.04. The quantitative estimate of drug-likeness (QED) is 0.0212. The highest BCUT2D eigenvalue weighted by molar-refractivity contribution is 6.36. The average molecular weight is 1330 g/mol. The van der Waals surface area contributed by atoms with Gasteiger partial charge in [0.1, 0.15) is 0 Å². The molecule has 0 saturated heterocycles. The topological polar surface area (TPSA) is 73.8 Å². The van der Waals surface area contributed by atoms with E-state index in [9.17, 15) is 0 Å². The van der Waals surface area contributed by atoms with Crippen LogP contribution in [-0.2, 0) is 0 Å². The molecule has 0 aliphatic rings. The standard InChI is InChI=1S/C90H120O8/c1-9-17-25-35-45-91-83-57-75-71-53-67-65-43-33-34-44-66(65)68-54-72-74(56-70(68)69(67)55-73(71)77-59-85(93-47-37-27-19-11-3)89(97-51-41-31-23-15-7)63-81(77)79(75)61-87(83)95-49-39-29-21-13-5)78-60-86(94-48-38-28-20-12-4)90(98-52-42-32-24-16-8)64-82(78)80-62-88(96-50-40-30-22-14-6)84(58-76(72)80)92-46-36-26-18-10-2/h33-34,43-44,53-64H,9-32,35-42,45-52H2,1-8H3. The van der Waals surface area contributed by atoms with E-state index in [-0.39, 0.29) is 0 Å². The van der Waals surface area contributed by atoms with Crippen LogP contribution in [0.3, 0.4) is 0 Å². The summed E-state index contributed by atoms with van der Waals surface area (Å²) in [4.78, 5) is 0. The molecular weight excluding hydrogens is 1210 g/mol. The minimum Gasteiger partial charge on any atom is -0.490 e. The van der Waals surface area contributed by atoms with Gasteiger partial charge in [-0.2, -0.15) is 0 Å². The van der Waals surface area contributed by atoms with Crippen LogP contribution in [0.5, 0.6) is 46.0 Å². The maximum Gasteiger partial charge on any atom is 0.161 e. The van der Waals surface area contributed by atoms with E-state index in [4.69, 9.17) is 37.9 Å². The Morgan fingerprint density at radius 3 is 0.429 bits per heavy atom. The first kappa shape index (κ1) is 73.7. The second kappa shape index (κ2) is 39.1. The molecule has 0 aromatic heterocycles. The summed E-state index contributed by atoms with van der Waals surface area (Å²) in [5.74, 6) is 6.44. The van der Waals surface area contributed by atoms with Gasteiger partial charge in [0.15, 0.2) is 46.0 Å². The van der Waals surface area contributed by atoms with Crippen molar-refractivity contribution in [3.63, 3.8) is 0 Å². The van der Waals surface area contributed by atoms with Crippen LogP contribution in [0.4, 0.5) is 0 Å². The number of rotatable bonds is 48. The Labute approximate surface area is 588 Å². The Kier molecular flexibility index (Phi) is 29.4. The van der Waals surface area contributed by atoms with Gasteiger partial charge in [0.05, 0.1) is 52.9 Å². The van der Waals surface area contributed by atoms with E-state index < -0.39 is 0 Å². The largest absolute Gasteiger partial charge is 0.490 e. The number of unbranched alkanes of at least 4 members (excludes halogenated alkanes) is 24. The highest BCUT2D eigenvalue weighted by Gasteiger charge is 2.24. The van der Waals surface area contributed by atoms with Gasteiger partial charge in [-0.25, -0.2) is 0 Å². The first-order chi connectivity index (χ1) is 48.4. The summed E-state index contributed by atoms with van der Waals surface area (Å²) < 4.78 is 55.3. The lowest BCUT2D eigenvalue weighted by atomic mass is 9.86. The van der Waals surface area contributed by atoms with Crippen LogP contribution < -0.4 is 37.9 Å². The van der Waals surface area contributed by atoms with Crippen molar-refractivity contribution in [2.24, 2.45) is 0 Å². The number of hydrogen-bond acceptors (Lipinski definition) is 8. The van der Waals surface area contributed by atoms with Gasteiger partial charge in [0.25, 0.3) is 0 Å². The molecule has 0 aliphatic heterocycles. The molecular formula is C90H120O8. The third-order valence-corrected chi connectivity index (χ3v) is 20.2. The first-order valence-corrected chi connectivity index (χ1v) is 39.6. The van der Waals surface area contributed by atoms with Crippen molar-refractivity contribution in [1.29, 1.82) is 0 Å². The van der Waals surface area contributed by atoms with Crippen molar-refractivity contribution < 1.29 is 37.9 Å². The molecule has 0 N–H and O–H groups in total. The van der Waals surface area contributed by atoms with E-state index in [2.05, 4.69) is 152 Å².